The lowest BCUT2D eigenvalue weighted by Crippen LogP contribution is -1.95. The number of benzene rings is 1. The Hall–Kier alpha value is -1.74. The quantitative estimate of drug-likeness (QED) is 0.372. The van der Waals surface area contributed by atoms with Crippen LogP contribution in [0.3, 0.4) is 0 Å². The first-order chi connectivity index (χ1) is 11.0. The minimum absolute atomic E-state index is 0.783. The van der Waals surface area contributed by atoms with E-state index in [9.17, 15) is 0 Å². The average molecular weight is 329 g/mol. The molecule has 0 spiro atoms. The molecule has 0 saturated carbocycles. The van der Waals surface area contributed by atoms with Crippen LogP contribution in [0, 0.1) is 16.5 Å². The molecule has 3 heteroatoms. The predicted molar refractivity (Wildman–Crippen MR) is 105 cm³/mol. The topological polar surface area (TPSA) is 17.3 Å². The zero-order valence-corrected chi connectivity index (χ0v) is 15.9. The van der Waals surface area contributed by atoms with Gasteiger partial charge in [-0.25, -0.2) is 4.98 Å². The lowest BCUT2D eigenvalue weighted by Gasteiger charge is -2.05. The molecule has 0 aliphatic rings. The molecule has 3 rings (SSSR count). The Morgan fingerprint density at radius 2 is 1.52 bits per heavy atom. The maximum atomic E-state index is 5.24. The van der Waals surface area contributed by atoms with E-state index in [1.54, 1.807) is 6.20 Å². The Morgan fingerprint density at radius 1 is 0.913 bits per heavy atom. The van der Waals surface area contributed by atoms with Crippen LogP contribution >= 0.6 is 12.2 Å². The van der Waals surface area contributed by atoms with Gasteiger partial charge >= 0.3 is 0 Å². The molecule has 0 aliphatic carbocycles. The molecule has 2 heterocycles. The Morgan fingerprint density at radius 3 is 2.13 bits per heavy atom. The normalized spacial score (nSPS) is 10.3. The van der Waals surface area contributed by atoms with E-state index >= 15 is 0 Å². The summed E-state index contributed by atoms with van der Waals surface area (Å²) >= 11 is 5.24. The van der Waals surface area contributed by atoms with Crippen molar-refractivity contribution in [1.82, 2.24) is 9.38 Å². The molecule has 1 aromatic carbocycles. The van der Waals surface area contributed by atoms with Crippen LogP contribution in [0.15, 0.2) is 48.8 Å². The molecule has 0 amide bonds. The van der Waals surface area contributed by atoms with Crippen LogP contribution in [-0.2, 0) is 0 Å². The van der Waals surface area contributed by atoms with E-state index in [0.717, 1.165) is 27.5 Å². The third-order valence-electron chi connectivity index (χ3n) is 3.82. The minimum atomic E-state index is 0.783. The molecule has 0 unspecified atom stereocenters. The summed E-state index contributed by atoms with van der Waals surface area (Å²) in [6.07, 6.45) is 3.72. The van der Waals surface area contributed by atoms with Crippen LogP contribution in [0.4, 0.5) is 0 Å². The third-order valence-corrected chi connectivity index (χ3v) is 4.15. The number of fused-ring (bicyclic) bond motifs is 3. The van der Waals surface area contributed by atoms with Gasteiger partial charge in [0, 0.05) is 17.8 Å². The molecular formula is C20H28N2S. The summed E-state index contributed by atoms with van der Waals surface area (Å²) in [6, 6.07) is 12.1. The summed E-state index contributed by atoms with van der Waals surface area (Å²) in [7, 11) is 0. The van der Waals surface area contributed by atoms with Gasteiger partial charge in [0.25, 0.3) is 0 Å². The van der Waals surface area contributed by atoms with E-state index in [1.165, 1.54) is 5.39 Å². The molecule has 23 heavy (non-hydrogen) atoms. The number of hydrogen-bond acceptors (Lipinski definition) is 2. The van der Waals surface area contributed by atoms with Gasteiger partial charge in [0.05, 0.1) is 0 Å². The maximum Gasteiger partial charge on any atom is 0.145 e. The van der Waals surface area contributed by atoms with Crippen molar-refractivity contribution >= 4 is 28.6 Å². The van der Waals surface area contributed by atoms with Crippen molar-refractivity contribution in [1.29, 1.82) is 0 Å². The van der Waals surface area contributed by atoms with Crippen molar-refractivity contribution in [2.45, 2.75) is 41.5 Å². The van der Waals surface area contributed by atoms with E-state index in [4.69, 9.17) is 12.2 Å². The van der Waals surface area contributed by atoms with Crippen LogP contribution in [0.25, 0.3) is 16.4 Å². The standard InChI is InChI=1S/C12H8N2S.C6H14.C2H6/c15-11-5-7-13-12-10-4-2-1-3-9(10)6-8-14(11)12;1-5(2)6(3)4;1-2/h1-8H;5-6H,1-4H3;1-2H3. The van der Waals surface area contributed by atoms with Crippen molar-refractivity contribution in [3.05, 3.63) is 53.4 Å². The molecule has 124 valence electrons. The van der Waals surface area contributed by atoms with Gasteiger partial charge in [0.15, 0.2) is 0 Å². The third kappa shape index (κ3) is 5.14. The molecule has 0 N–H and O–H groups in total. The summed E-state index contributed by atoms with van der Waals surface area (Å²) in [6.45, 7) is 13.0. The fraction of sp³-hybridized carbons (Fsp3) is 0.400. The van der Waals surface area contributed by atoms with Crippen molar-refractivity contribution in [2.24, 2.45) is 11.8 Å². The molecule has 0 fully saturated rings. The SMILES string of the molecule is CC.CC(C)C(C)C.S=c1ccnc2c3ccccc3ccn12. The first kappa shape index (κ1) is 19.3. The van der Waals surface area contributed by atoms with Crippen LogP contribution in [0.2, 0.25) is 0 Å². The fourth-order valence-corrected chi connectivity index (χ4v) is 1.97. The summed E-state index contributed by atoms with van der Waals surface area (Å²) in [4.78, 5) is 4.37. The second-order valence-corrected chi connectivity index (χ2v) is 6.29. The number of hydrogen-bond donors (Lipinski definition) is 0. The van der Waals surface area contributed by atoms with Crippen molar-refractivity contribution in [3.63, 3.8) is 0 Å². The van der Waals surface area contributed by atoms with Crippen LogP contribution in [0.1, 0.15) is 41.5 Å². The average Bonchev–Trinajstić information content (AvgIpc) is 2.57. The summed E-state index contributed by atoms with van der Waals surface area (Å²) in [5, 5.41) is 2.32. The summed E-state index contributed by atoms with van der Waals surface area (Å²) in [5.74, 6) is 1.70. The van der Waals surface area contributed by atoms with Gasteiger partial charge in [0.1, 0.15) is 10.3 Å². The Balaban J connectivity index is 0.000000284. The lowest BCUT2D eigenvalue weighted by molar-refractivity contribution is 0.457. The molecule has 2 nitrogen and oxygen atoms in total. The largest absolute Gasteiger partial charge is 0.292 e. The molecule has 0 aliphatic heterocycles. The highest BCUT2D eigenvalue weighted by molar-refractivity contribution is 7.71. The minimum Gasteiger partial charge on any atom is -0.292 e. The highest BCUT2D eigenvalue weighted by Gasteiger charge is 1.99. The first-order valence-electron chi connectivity index (χ1n) is 8.36. The van der Waals surface area contributed by atoms with E-state index in [0.29, 0.717) is 0 Å². The zero-order valence-electron chi connectivity index (χ0n) is 15.1. The number of pyridine rings is 1. The number of aromatic nitrogens is 2. The highest BCUT2D eigenvalue weighted by atomic mass is 32.1. The molecule has 0 radical (unpaired) electrons. The molecule has 0 saturated heterocycles. The Kier molecular flexibility index (Phi) is 7.90. The molecule has 2 aromatic heterocycles. The van der Waals surface area contributed by atoms with Crippen molar-refractivity contribution in [3.8, 4) is 0 Å². The van der Waals surface area contributed by atoms with Crippen LogP contribution in [-0.4, -0.2) is 9.38 Å². The molecule has 0 bridgehead atoms. The van der Waals surface area contributed by atoms with Crippen LogP contribution < -0.4 is 0 Å². The molecule has 0 atom stereocenters. The van der Waals surface area contributed by atoms with Crippen LogP contribution in [0.5, 0.6) is 0 Å². The van der Waals surface area contributed by atoms with Crippen molar-refractivity contribution in [2.75, 3.05) is 0 Å². The second-order valence-electron chi connectivity index (χ2n) is 5.87. The van der Waals surface area contributed by atoms with E-state index in [1.807, 2.05) is 42.6 Å². The van der Waals surface area contributed by atoms with Gasteiger partial charge in [-0.3, -0.25) is 4.40 Å². The van der Waals surface area contributed by atoms with Gasteiger partial charge in [-0.2, -0.15) is 0 Å². The summed E-state index contributed by atoms with van der Waals surface area (Å²) < 4.78 is 2.71. The Bertz CT molecular complexity index is 782. The fourth-order valence-electron chi connectivity index (χ4n) is 1.76. The van der Waals surface area contributed by atoms with Gasteiger partial charge < -0.3 is 0 Å². The summed E-state index contributed by atoms with van der Waals surface area (Å²) in [5.41, 5.74) is 0.917. The molecule has 3 aromatic rings. The lowest BCUT2D eigenvalue weighted by atomic mass is 10.0. The maximum absolute atomic E-state index is 5.24. The molecular weight excluding hydrogens is 300 g/mol. The van der Waals surface area contributed by atoms with Gasteiger partial charge in [-0.1, -0.05) is 78.0 Å². The monoisotopic (exact) mass is 328 g/mol. The van der Waals surface area contributed by atoms with Gasteiger partial charge in [-0.05, 0) is 29.4 Å². The van der Waals surface area contributed by atoms with Gasteiger partial charge in [-0.15, -0.1) is 0 Å². The number of rotatable bonds is 1. The van der Waals surface area contributed by atoms with E-state index in [2.05, 4.69) is 50.9 Å². The van der Waals surface area contributed by atoms with Gasteiger partial charge in [0.2, 0.25) is 0 Å². The Labute approximate surface area is 145 Å². The van der Waals surface area contributed by atoms with E-state index < -0.39 is 0 Å². The highest BCUT2D eigenvalue weighted by Crippen LogP contribution is 2.17. The van der Waals surface area contributed by atoms with E-state index in [-0.39, 0.29) is 0 Å². The predicted octanol–water partition coefficient (Wildman–Crippen LogP) is 6.54. The van der Waals surface area contributed by atoms with Crippen molar-refractivity contribution < 1.29 is 0 Å². The zero-order chi connectivity index (χ0) is 17.4. The first-order valence-corrected chi connectivity index (χ1v) is 8.76. The second kappa shape index (κ2) is 9.41. The number of nitrogens with zero attached hydrogens (tertiary/aromatic N) is 2. The smallest absolute Gasteiger partial charge is 0.145 e.